The Morgan fingerprint density at radius 2 is 1.41 bits per heavy atom. The summed E-state index contributed by atoms with van der Waals surface area (Å²) in [5.41, 5.74) is 3.71. The molecular weight excluding hydrogens is 750 g/mol. The van der Waals surface area contributed by atoms with E-state index in [1.54, 1.807) is 83.1 Å². The Kier molecular flexibility index (Phi) is 10.7. The summed E-state index contributed by atoms with van der Waals surface area (Å²) in [4.78, 5) is 65.9. The lowest BCUT2D eigenvalue weighted by Crippen LogP contribution is -2.36. The maximum Gasteiger partial charge on any atom is 0.509 e. The third-order valence-electron chi connectivity index (χ3n) is 11.4. The SMILES string of the molecule is COc1cc([C@@H]2c3cc4c(cc3[C@@H](OC(=O)OCc3ccc(NC(=O)CC(C)(C)C5=C(C)C(=O)C(C)=C(C)C5=O)cc3)[C@H]3COC(=O)[C@H]23)OCO4)cc(OC)c1OC. The summed E-state index contributed by atoms with van der Waals surface area (Å²) in [6, 6.07) is 13.9. The minimum absolute atomic E-state index is 0.00260. The Hall–Kier alpha value is -6.31. The van der Waals surface area contributed by atoms with Crippen LogP contribution in [0.5, 0.6) is 28.7 Å². The lowest BCUT2D eigenvalue weighted by molar-refractivity contribution is -0.141. The predicted molar refractivity (Wildman–Crippen MR) is 207 cm³/mol. The first-order valence-electron chi connectivity index (χ1n) is 18.8. The second kappa shape index (κ2) is 15.6. The number of cyclic esters (lactones) is 1. The number of rotatable bonds is 11. The van der Waals surface area contributed by atoms with Gasteiger partial charge >= 0.3 is 12.1 Å². The number of anilines is 1. The van der Waals surface area contributed by atoms with Crippen molar-refractivity contribution in [1.29, 1.82) is 0 Å². The molecule has 2 aliphatic carbocycles. The monoisotopic (exact) mass is 795 g/mol. The quantitative estimate of drug-likeness (QED) is 0.157. The van der Waals surface area contributed by atoms with Gasteiger partial charge in [-0.05, 0) is 73.9 Å². The van der Waals surface area contributed by atoms with Crippen LogP contribution in [0.15, 0.2) is 70.8 Å². The van der Waals surface area contributed by atoms with Gasteiger partial charge in [0.05, 0.1) is 33.9 Å². The van der Waals surface area contributed by atoms with Crippen molar-refractivity contribution in [3.05, 3.63) is 93.1 Å². The molecule has 4 aliphatic rings. The van der Waals surface area contributed by atoms with Crippen molar-refractivity contribution >= 4 is 35.3 Å². The van der Waals surface area contributed by atoms with Gasteiger partial charge in [0.25, 0.3) is 0 Å². The third-order valence-corrected chi connectivity index (χ3v) is 11.4. The summed E-state index contributed by atoms with van der Waals surface area (Å²) >= 11 is 0. The molecule has 2 heterocycles. The van der Waals surface area contributed by atoms with E-state index in [4.69, 9.17) is 37.9 Å². The molecule has 2 aliphatic heterocycles. The minimum atomic E-state index is -0.960. The van der Waals surface area contributed by atoms with E-state index in [0.717, 1.165) is 0 Å². The number of carbonyl (C=O) groups excluding carboxylic acids is 5. The zero-order valence-electron chi connectivity index (χ0n) is 33.6. The number of benzene rings is 3. The molecule has 1 fully saturated rings. The van der Waals surface area contributed by atoms with Gasteiger partial charge in [-0.2, -0.15) is 0 Å². The van der Waals surface area contributed by atoms with Crippen LogP contribution < -0.4 is 29.0 Å². The molecule has 14 heteroatoms. The summed E-state index contributed by atoms with van der Waals surface area (Å²) in [6.45, 7) is 8.31. The highest BCUT2D eigenvalue weighted by Crippen LogP contribution is 2.56. The number of methoxy groups -OCH3 is 3. The molecule has 4 atom stereocenters. The zero-order valence-corrected chi connectivity index (χ0v) is 33.6. The molecular formula is C44H45NO13. The van der Waals surface area contributed by atoms with Crippen molar-refractivity contribution in [2.24, 2.45) is 17.3 Å². The number of esters is 1. The number of Topliss-reactive ketones (excluding diaryl/α,β-unsaturated/α-hetero) is 2. The van der Waals surface area contributed by atoms with Gasteiger partial charge in [0.1, 0.15) is 12.7 Å². The molecule has 0 aromatic heterocycles. The largest absolute Gasteiger partial charge is 0.509 e. The number of allylic oxidation sites excluding steroid dienone is 4. The second-order valence-corrected chi connectivity index (χ2v) is 15.4. The number of ether oxygens (including phenoxy) is 8. The molecule has 14 nitrogen and oxygen atoms in total. The summed E-state index contributed by atoms with van der Waals surface area (Å²) in [5, 5.41) is 2.85. The molecule has 1 amide bonds. The van der Waals surface area contributed by atoms with Crippen LogP contribution in [-0.4, -0.2) is 64.3 Å². The maximum atomic E-state index is 13.5. The highest BCUT2D eigenvalue weighted by molar-refractivity contribution is 6.25. The van der Waals surface area contributed by atoms with Gasteiger partial charge in [-0.3, -0.25) is 19.2 Å². The highest BCUT2D eigenvalue weighted by atomic mass is 16.7. The van der Waals surface area contributed by atoms with Gasteiger partial charge in [-0.25, -0.2) is 4.79 Å². The molecule has 1 N–H and O–H groups in total. The predicted octanol–water partition coefficient (Wildman–Crippen LogP) is 6.93. The smallest absolute Gasteiger partial charge is 0.493 e. The lowest BCUT2D eigenvalue weighted by Gasteiger charge is -2.38. The third kappa shape index (κ3) is 7.11. The molecule has 58 heavy (non-hydrogen) atoms. The number of nitrogens with one attached hydrogen (secondary N) is 1. The Bertz CT molecular complexity index is 2260. The molecule has 0 saturated carbocycles. The maximum absolute atomic E-state index is 13.5. The van der Waals surface area contributed by atoms with Crippen molar-refractivity contribution in [1.82, 2.24) is 0 Å². The van der Waals surface area contributed by atoms with Gasteiger partial charge < -0.3 is 43.2 Å². The second-order valence-electron chi connectivity index (χ2n) is 15.4. The van der Waals surface area contributed by atoms with Gasteiger partial charge in [-0.15, -0.1) is 0 Å². The van der Waals surface area contributed by atoms with Crippen molar-refractivity contribution < 1.29 is 61.9 Å². The molecule has 0 spiro atoms. The fraction of sp³-hybridized carbons (Fsp3) is 0.386. The van der Waals surface area contributed by atoms with E-state index in [0.29, 0.717) is 79.0 Å². The first-order chi connectivity index (χ1) is 27.7. The van der Waals surface area contributed by atoms with E-state index in [-0.39, 0.29) is 43.9 Å². The van der Waals surface area contributed by atoms with Crippen LogP contribution in [0, 0.1) is 17.3 Å². The summed E-state index contributed by atoms with van der Waals surface area (Å²) in [7, 11) is 4.53. The molecule has 7 rings (SSSR count). The fourth-order valence-corrected chi connectivity index (χ4v) is 8.51. The average Bonchev–Trinajstić information content (AvgIpc) is 3.83. The van der Waals surface area contributed by atoms with Crippen LogP contribution >= 0.6 is 0 Å². The lowest BCUT2D eigenvalue weighted by atomic mass is 9.66. The standard InChI is InChI=1S/C44H45NO13/c1-21-22(2)39(48)37(23(3)38(21)47)44(4,5)17-34(46)45-26-11-9-24(10-12-26)18-55-43(50)58-40-28-16-31-30(56-20-57-31)15-27(28)35(36-29(40)19-54-42(36)49)25-13-32(51-6)41(53-8)33(14-25)52-7/h9-16,29,35-36,40H,17-20H2,1-8H3,(H,45,46)/t29-,35+,36-,40+/m0/s1. The van der Waals surface area contributed by atoms with E-state index < -0.39 is 41.4 Å². The van der Waals surface area contributed by atoms with Crippen LogP contribution in [0.3, 0.4) is 0 Å². The van der Waals surface area contributed by atoms with E-state index in [1.165, 1.54) is 21.3 Å². The van der Waals surface area contributed by atoms with E-state index >= 15 is 0 Å². The van der Waals surface area contributed by atoms with Gasteiger partial charge in [0.15, 0.2) is 34.6 Å². The van der Waals surface area contributed by atoms with Crippen LogP contribution in [0.2, 0.25) is 0 Å². The topological polar surface area (TPSA) is 171 Å². The molecule has 3 aromatic rings. The molecule has 1 saturated heterocycles. The van der Waals surface area contributed by atoms with Crippen LogP contribution in [-0.2, 0) is 40.0 Å². The van der Waals surface area contributed by atoms with E-state index in [1.807, 2.05) is 0 Å². The fourth-order valence-electron chi connectivity index (χ4n) is 8.51. The minimum Gasteiger partial charge on any atom is -0.493 e. The van der Waals surface area contributed by atoms with E-state index in [2.05, 4.69) is 5.32 Å². The molecule has 304 valence electrons. The van der Waals surface area contributed by atoms with Crippen molar-refractivity contribution in [3.63, 3.8) is 0 Å². The van der Waals surface area contributed by atoms with Crippen LogP contribution in [0.1, 0.15) is 75.3 Å². The summed E-state index contributed by atoms with van der Waals surface area (Å²) in [5.74, 6) is -0.924. The molecule has 0 unspecified atom stereocenters. The summed E-state index contributed by atoms with van der Waals surface area (Å²) < 4.78 is 45.4. The number of hydrogen-bond acceptors (Lipinski definition) is 13. The molecule has 0 radical (unpaired) electrons. The number of ketones is 2. The zero-order chi connectivity index (χ0) is 41.6. The van der Waals surface area contributed by atoms with Gasteiger partial charge in [0, 0.05) is 57.2 Å². The van der Waals surface area contributed by atoms with Crippen LogP contribution in [0.4, 0.5) is 10.5 Å². The summed E-state index contributed by atoms with van der Waals surface area (Å²) in [6.07, 6.45) is -1.92. The van der Waals surface area contributed by atoms with Crippen molar-refractivity contribution in [2.75, 3.05) is 40.0 Å². The van der Waals surface area contributed by atoms with Crippen LogP contribution in [0.25, 0.3) is 0 Å². The number of amides is 1. The normalized spacial score (nSPS) is 20.9. The Labute approximate surface area is 335 Å². The highest BCUT2D eigenvalue weighted by Gasteiger charge is 2.54. The number of hydrogen-bond donors (Lipinski definition) is 1. The Balaban J connectivity index is 1.06. The Morgan fingerprint density at radius 3 is 2.03 bits per heavy atom. The number of carbonyl (C=O) groups is 5. The molecule has 0 bridgehead atoms. The molecule has 3 aromatic carbocycles. The van der Waals surface area contributed by atoms with Crippen molar-refractivity contribution in [3.8, 4) is 28.7 Å². The number of fused-ring (bicyclic) bond motifs is 3. The first kappa shape index (κ1) is 39.9. The Morgan fingerprint density at radius 1 is 0.793 bits per heavy atom. The van der Waals surface area contributed by atoms with Crippen molar-refractivity contribution in [2.45, 2.75) is 59.7 Å². The van der Waals surface area contributed by atoms with Gasteiger partial charge in [0.2, 0.25) is 18.4 Å². The van der Waals surface area contributed by atoms with Gasteiger partial charge in [-0.1, -0.05) is 26.0 Å². The average molecular weight is 796 g/mol. The van der Waals surface area contributed by atoms with E-state index in [9.17, 15) is 24.0 Å². The first-order valence-corrected chi connectivity index (χ1v) is 18.8.